The molecule has 1 unspecified atom stereocenters. The van der Waals surface area contributed by atoms with Crippen molar-refractivity contribution in [3.8, 4) is 0 Å². The summed E-state index contributed by atoms with van der Waals surface area (Å²) in [5.74, 6) is 0. The molecular weight excluding hydrogens is 312 g/mol. The molecule has 100 valence electrons. The third-order valence-electron chi connectivity index (χ3n) is 3.70. The number of hydrogen-bond acceptors (Lipinski definition) is 2. The zero-order valence-electron chi connectivity index (χ0n) is 10.9. The van der Waals surface area contributed by atoms with Gasteiger partial charge in [0.25, 0.3) is 0 Å². The molecule has 18 heavy (non-hydrogen) atoms. The van der Waals surface area contributed by atoms with Crippen LogP contribution in [0.1, 0.15) is 31.9 Å². The normalized spacial score (nSPS) is 21.2. The second-order valence-electron chi connectivity index (χ2n) is 5.81. The van der Waals surface area contributed by atoms with E-state index in [9.17, 15) is 0 Å². The Labute approximate surface area is 123 Å². The van der Waals surface area contributed by atoms with E-state index in [2.05, 4.69) is 40.7 Å². The fourth-order valence-electron chi connectivity index (χ4n) is 2.64. The number of hydrogen-bond donors (Lipinski definition) is 1. The van der Waals surface area contributed by atoms with Gasteiger partial charge in [-0.05, 0) is 52.0 Å². The Morgan fingerprint density at radius 2 is 2.22 bits per heavy atom. The lowest BCUT2D eigenvalue weighted by atomic mass is 9.93. The molecular formula is C14H20BrClN2. The van der Waals surface area contributed by atoms with E-state index in [-0.39, 0.29) is 6.04 Å². The Balaban J connectivity index is 2.21. The van der Waals surface area contributed by atoms with Crippen molar-refractivity contribution in [3.63, 3.8) is 0 Å². The molecule has 4 heteroatoms. The van der Waals surface area contributed by atoms with E-state index >= 15 is 0 Å². The minimum atomic E-state index is 0.275. The van der Waals surface area contributed by atoms with Gasteiger partial charge in [0.1, 0.15) is 0 Å². The topological polar surface area (TPSA) is 29.3 Å². The molecule has 1 aliphatic heterocycles. The van der Waals surface area contributed by atoms with Crippen molar-refractivity contribution >= 4 is 27.5 Å². The zero-order chi connectivity index (χ0) is 13.3. The van der Waals surface area contributed by atoms with Gasteiger partial charge in [-0.25, -0.2) is 0 Å². The maximum absolute atomic E-state index is 6.17. The predicted octanol–water partition coefficient (Wildman–Crippen LogP) is 3.83. The fraction of sp³-hybridized carbons (Fsp3) is 0.571. The number of benzene rings is 1. The van der Waals surface area contributed by atoms with Gasteiger partial charge in [-0.2, -0.15) is 0 Å². The zero-order valence-corrected chi connectivity index (χ0v) is 13.3. The predicted molar refractivity (Wildman–Crippen MR) is 80.9 cm³/mol. The van der Waals surface area contributed by atoms with Crippen molar-refractivity contribution in [2.45, 2.75) is 26.3 Å². The standard InChI is InChI=1S/C14H20BrClN2/c1-14(2)5-6-18(9-14)13(8-17)10-3-4-11(15)12(16)7-10/h3-4,7,13H,5-6,8-9,17H2,1-2H3. The molecule has 0 spiro atoms. The Morgan fingerprint density at radius 3 is 2.72 bits per heavy atom. The van der Waals surface area contributed by atoms with Crippen LogP contribution in [0.25, 0.3) is 0 Å². The van der Waals surface area contributed by atoms with Crippen molar-refractivity contribution in [2.24, 2.45) is 11.1 Å². The van der Waals surface area contributed by atoms with E-state index in [1.165, 1.54) is 12.0 Å². The summed E-state index contributed by atoms with van der Waals surface area (Å²) in [6.45, 7) is 7.48. The van der Waals surface area contributed by atoms with Crippen LogP contribution < -0.4 is 5.73 Å². The summed E-state index contributed by atoms with van der Waals surface area (Å²) in [5.41, 5.74) is 7.57. The Hall–Kier alpha value is -0.0900. The van der Waals surface area contributed by atoms with Gasteiger partial charge >= 0.3 is 0 Å². The highest BCUT2D eigenvalue weighted by molar-refractivity contribution is 9.10. The maximum atomic E-state index is 6.17. The van der Waals surface area contributed by atoms with Crippen molar-refractivity contribution in [1.29, 1.82) is 0 Å². The van der Waals surface area contributed by atoms with Crippen molar-refractivity contribution in [1.82, 2.24) is 4.90 Å². The van der Waals surface area contributed by atoms with E-state index in [0.29, 0.717) is 12.0 Å². The molecule has 2 N–H and O–H groups in total. The van der Waals surface area contributed by atoms with Crippen LogP contribution in [-0.4, -0.2) is 24.5 Å². The van der Waals surface area contributed by atoms with Crippen LogP contribution in [-0.2, 0) is 0 Å². The summed E-state index contributed by atoms with van der Waals surface area (Å²) >= 11 is 9.60. The SMILES string of the molecule is CC1(C)CCN(C(CN)c2ccc(Br)c(Cl)c2)C1. The summed E-state index contributed by atoms with van der Waals surface area (Å²) in [6, 6.07) is 6.41. The van der Waals surface area contributed by atoms with Crippen molar-refractivity contribution in [2.75, 3.05) is 19.6 Å². The van der Waals surface area contributed by atoms with E-state index in [1.54, 1.807) is 0 Å². The van der Waals surface area contributed by atoms with Crippen LogP contribution in [0.4, 0.5) is 0 Å². The molecule has 0 saturated carbocycles. The maximum Gasteiger partial charge on any atom is 0.0551 e. The van der Waals surface area contributed by atoms with Gasteiger partial charge in [0, 0.05) is 23.6 Å². The monoisotopic (exact) mass is 330 g/mol. The largest absolute Gasteiger partial charge is 0.329 e. The first-order valence-corrected chi connectivity index (χ1v) is 7.49. The molecule has 0 bridgehead atoms. The summed E-state index contributed by atoms with van der Waals surface area (Å²) in [7, 11) is 0. The number of nitrogens with two attached hydrogens (primary N) is 1. The highest BCUT2D eigenvalue weighted by Gasteiger charge is 2.33. The lowest BCUT2D eigenvalue weighted by molar-refractivity contribution is 0.223. The number of likely N-dealkylation sites (tertiary alicyclic amines) is 1. The van der Waals surface area contributed by atoms with Gasteiger partial charge in [0.15, 0.2) is 0 Å². The van der Waals surface area contributed by atoms with Gasteiger partial charge in [-0.3, -0.25) is 4.90 Å². The lowest BCUT2D eigenvalue weighted by Gasteiger charge is -2.28. The summed E-state index contributed by atoms with van der Waals surface area (Å²) in [5, 5.41) is 0.754. The molecule has 0 aromatic heterocycles. The molecule has 0 amide bonds. The minimum absolute atomic E-state index is 0.275. The van der Waals surface area contributed by atoms with E-state index < -0.39 is 0 Å². The quantitative estimate of drug-likeness (QED) is 0.912. The van der Waals surface area contributed by atoms with Crippen molar-refractivity contribution < 1.29 is 0 Å². The van der Waals surface area contributed by atoms with E-state index in [0.717, 1.165) is 22.6 Å². The highest BCUT2D eigenvalue weighted by atomic mass is 79.9. The first kappa shape index (κ1) is 14.3. The molecule has 1 heterocycles. The second-order valence-corrected chi connectivity index (χ2v) is 7.07. The molecule has 0 radical (unpaired) electrons. The van der Waals surface area contributed by atoms with Crippen LogP contribution in [0.5, 0.6) is 0 Å². The molecule has 1 fully saturated rings. The molecule has 2 nitrogen and oxygen atoms in total. The van der Waals surface area contributed by atoms with Gasteiger partial charge in [0.2, 0.25) is 0 Å². The second kappa shape index (κ2) is 5.49. The average molecular weight is 332 g/mol. The van der Waals surface area contributed by atoms with Gasteiger partial charge in [-0.15, -0.1) is 0 Å². The first-order valence-electron chi connectivity index (χ1n) is 6.32. The number of nitrogens with zero attached hydrogens (tertiary/aromatic N) is 1. The first-order chi connectivity index (χ1) is 8.43. The smallest absolute Gasteiger partial charge is 0.0551 e. The van der Waals surface area contributed by atoms with Crippen LogP contribution in [0.15, 0.2) is 22.7 Å². The molecule has 2 rings (SSSR count). The van der Waals surface area contributed by atoms with Gasteiger partial charge in [0.05, 0.1) is 5.02 Å². The van der Waals surface area contributed by atoms with Crippen LogP contribution in [0, 0.1) is 5.41 Å². The molecule has 1 aromatic carbocycles. The summed E-state index contributed by atoms with van der Waals surface area (Å²) in [4.78, 5) is 2.47. The third kappa shape index (κ3) is 3.08. The fourth-order valence-corrected chi connectivity index (χ4v) is 3.07. The Morgan fingerprint density at radius 1 is 1.50 bits per heavy atom. The van der Waals surface area contributed by atoms with E-state index in [1.807, 2.05) is 12.1 Å². The van der Waals surface area contributed by atoms with Crippen LogP contribution >= 0.6 is 27.5 Å². The van der Waals surface area contributed by atoms with Gasteiger partial charge < -0.3 is 5.73 Å². The average Bonchev–Trinajstić information content (AvgIpc) is 2.65. The lowest BCUT2D eigenvalue weighted by Crippen LogP contribution is -2.33. The molecule has 1 atom stereocenters. The third-order valence-corrected chi connectivity index (χ3v) is 4.93. The Kier molecular flexibility index (Phi) is 4.37. The highest BCUT2D eigenvalue weighted by Crippen LogP contribution is 2.35. The molecule has 1 aromatic rings. The summed E-state index contributed by atoms with van der Waals surface area (Å²) in [6.07, 6.45) is 1.23. The molecule has 1 saturated heterocycles. The molecule has 1 aliphatic rings. The number of rotatable bonds is 3. The minimum Gasteiger partial charge on any atom is -0.329 e. The molecule has 0 aliphatic carbocycles. The Bertz CT molecular complexity index is 434. The van der Waals surface area contributed by atoms with Crippen molar-refractivity contribution in [3.05, 3.63) is 33.3 Å². The van der Waals surface area contributed by atoms with Gasteiger partial charge in [-0.1, -0.05) is 31.5 Å². The van der Waals surface area contributed by atoms with E-state index in [4.69, 9.17) is 17.3 Å². The summed E-state index contributed by atoms with van der Waals surface area (Å²) < 4.78 is 0.936. The van der Waals surface area contributed by atoms with Crippen LogP contribution in [0.2, 0.25) is 5.02 Å². The number of halogens is 2. The van der Waals surface area contributed by atoms with Crippen LogP contribution in [0.3, 0.4) is 0 Å².